The molecule has 0 fully saturated rings. The lowest BCUT2D eigenvalue weighted by molar-refractivity contribution is 0.112. The van der Waals surface area contributed by atoms with Gasteiger partial charge >= 0.3 is 0 Å². The Kier molecular flexibility index (Phi) is 4.68. The molecule has 0 saturated heterocycles. The fourth-order valence-electron chi connectivity index (χ4n) is 2.07. The van der Waals surface area contributed by atoms with Gasteiger partial charge in [0, 0.05) is 6.54 Å². The van der Waals surface area contributed by atoms with Crippen LogP contribution in [0.5, 0.6) is 0 Å². The van der Waals surface area contributed by atoms with Crippen molar-refractivity contribution in [2.75, 3.05) is 0 Å². The molecule has 0 aliphatic heterocycles. The Hall–Kier alpha value is -1.68. The van der Waals surface area contributed by atoms with Crippen LogP contribution in [-0.4, -0.2) is 10.9 Å². The van der Waals surface area contributed by atoms with Crippen LogP contribution in [0, 0.1) is 0 Å². The third kappa shape index (κ3) is 3.01. The zero-order valence-corrected chi connectivity index (χ0v) is 11.8. The van der Waals surface area contributed by atoms with Crippen molar-refractivity contribution in [3.63, 3.8) is 0 Å². The van der Waals surface area contributed by atoms with E-state index in [9.17, 15) is 9.59 Å². The van der Waals surface area contributed by atoms with E-state index in [-0.39, 0.29) is 11.1 Å². The molecule has 0 aliphatic rings. The number of aldehydes is 1. The Morgan fingerprint density at radius 2 is 2.11 bits per heavy atom. The van der Waals surface area contributed by atoms with Gasteiger partial charge in [0.2, 0.25) is 0 Å². The fraction of sp³-hybridized carbons (Fsp3) is 0.333. The van der Waals surface area contributed by atoms with E-state index in [2.05, 4.69) is 6.92 Å². The Balaban J connectivity index is 2.45. The first-order valence-electron chi connectivity index (χ1n) is 6.50. The van der Waals surface area contributed by atoms with Crippen LogP contribution in [0.2, 0.25) is 0 Å². The molecule has 100 valence electrons. The molecule has 0 N–H and O–H groups in total. The van der Waals surface area contributed by atoms with Crippen molar-refractivity contribution >= 4 is 17.6 Å². The van der Waals surface area contributed by atoms with Crippen molar-refractivity contribution in [2.45, 2.75) is 32.7 Å². The summed E-state index contributed by atoms with van der Waals surface area (Å²) in [4.78, 5) is 24.2. The molecule has 19 heavy (non-hydrogen) atoms. The average Bonchev–Trinajstić information content (AvgIpc) is 2.94. The van der Waals surface area contributed by atoms with Gasteiger partial charge in [0.15, 0.2) is 6.29 Å². The van der Waals surface area contributed by atoms with Crippen LogP contribution in [0.3, 0.4) is 0 Å². The second-order valence-electron chi connectivity index (χ2n) is 4.43. The van der Waals surface area contributed by atoms with Gasteiger partial charge in [-0.25, -0.2) is 0 Å². The summed E-state index contributed by atoms with van der Waals surface area (Å²) in [5, 5.41) is 1.99. The SMILES string of the molecule is CCCCCn1c(-c2cccs2)ccc(C=O)c1=O. The first kappa shape index (κ1) is 13.7. The normalized spacial score (nSPS) is 10.6. The van der Waals surface area contributed by atoms with Gasteiger partial charge < -0.3 is 4.57 Å². The molecule has 0 saturated carbocycles. The van der Waals surface area contributed by atoms with Gasteiger partial charge in [0.1, 0.15) is 0 Å². The molecule has 0 aliphatic carbocycles. The highest BCUT2D eigenvalue weighted by Crippen LogP contribution is 2.24. The summed E-state index contributed by atoms with van der Waals surface area (Å²) >= 11 is 1.60. The highest BCUT2D eigenvalue weighted by molar-refractivity contribution is 7.13. The first-order valence-corrected chi connectivity index (χ1v) is 7.38. The monoisotopic (exact) mass is 275 g/mol. The van der Waals surface area contributed by atoms with E-state index in [1.165, 1.54) is 0 Å². The van der Waals surface area contributed by atoms with Gasteiger partial charge in [0.25, 0.3) is 5.56 Å². The number of thiophene rings is 1. The molecule has 2 aromatic rings. The molecule has 3 nitrogen and oxygen atoms in total. The topological polar surface area (TPSA) is 39.1 Å². The van der Waals surface area contributed by atoms with E-state index >= 15 is 0 Å². The van der Waals surface area contributed by atoms with Gasteiger partial charge in [0.05, 0.1) is 16.1 Å². The number of hydrogen-bond acceptors (Lipinski definition) is 3. The lowest BCUT2D eigenvalue weighted by Gasteiger charge is -2.12. The minimum Gasteiger partial charge on any atom is -0.307 e. The summed E-state index contributed by atoms with van der Waals surface area (Å²) in [6.45, 7) is 2.80. The molecule has 0 aromatic carbocycles. The lowest BCUT2D eigenvalue weighted by Crippen LogP contribution is -2.24. The van der Waals surface area contributed by atoms with Gasteiger partial charge in [-0.2, -0.15) is 0 Å². The molecule has 0 amide bonds. The fourth-order valence-corrected chi connectivity index (χ4v) is 2.83. The molecule has 4 heteroatoms. The predicted octanol–water partition coefficient (Wildman–Crippen LogP) is 3.58. The quantitative estimate of drug-likeness (QED) is 0.597. The van der Waals surface area contributed by atoms with Crippen LogP contribution in [0.4, 0.5) is 0 Å². The predicted molar refractivity (Wildman–Crippen MR) is 78.9 cm³/mol. The average molecular weight is 275 g/mol. The van der Waals surface area contributed by atoms with E-state index < -0.39 is 0 Å². The minimum absolute atomic E-state index is 0.183. The third-order valence-corrected chi connectivity index (χ3v) is 3.98. The maximum Gasteiger partial charge on any atom is 0.261 e. The van der Waals surface area contributed by atoms with Gasteiger partial charge in [-0.05, 0) is 30.0 Å². The Morgan fingerprint density at radius 3 is 2.74 bits per heavy atom. The number of carbonyl (C=O) groups excluding carboxylic acids is 1. The molecule has 2 aromatic heterocycles. The molecule has 0 unspecified atom stereocenters. The minimum atomic E-state index is -0.183. The van der Waals surface area contributed by atoms with Crippen LogP contribution in [0.25, 0.3) is 10.6 Å². The van der Waals surface area contributed by atoms with E-state index in [0.29, 0.717) is 12.8 Å². The van der Waals surface area contributed by atoms with Crippen molar-refractivity contribution in [2.24, 2.45) is 0 Å². The maximum absolute atomic E-state index is 12.2. The van der Waals surface area contributed by atoms with E-state index in [1.54, 1.807) is 22.0 Å². The van der Waals surface area contributed by atoms with Crippen molar-refractivity contribution < 1.29 is 4.79 Å². The standard InChI is InChI=1S/C15H17NO2S/c1-2-3-4-9-16-13(14-6-5-10-19-14)8-7-12(11-17)15(16)18/h5-8,10-11H,2-4,9H2,1H3. The highest BCUT2D eigenvalue weighted by Gasteiger charge is 2.10. The molecule has 2 heterocycles. The van der Waals surface area contributed by atoms with E-state index in [0.717, 1.165) is 29.8 Å². The number of pyridine rings is 1. The van der Waals surface area contributed by atoms with Crippen molar-refractivity contribution in [3.8, 4) is 10.6 Å². The number of aromatic nitrogens is 1. The summed E-state index contributed by atoms with van der Waals surface area (Å²) < 4.78 is 1.73. The summed E-state index contributed by atoms with van der Waals surface area (Å²) in [5.41, 5.74) is 0.954. The molecular weight excluding hydrogens is 258 g/mol. The van der Waals surface area contributed by atoms with Crippen LogP contribution >= 0.6 is 11.3 Å². The third-order valence-electron chi connectivity index (χ3n) is 3.09. The van der Waals surface area contributed by atoms with Crippen LogP contribution in [-0.2, 0) is 6.54 Å². The van der Waals surface area contributed by atoms with E-state index in [1.807, 2.05) is 23.6 Å². The second-order valence-corrected chi connectivity index (χ2v) is 5.38. The van der Waals surface area contributed by atoms with Crippen LogP contribution < -0.4 is 5.56 Å². The number of rotatable bonds is 6. The summed E-state index contributed by atoms with van der Waals surface area (Å²) in [7, 11) is 0. The van der Waals surface area contributed by atoms with Gasteiger partial charge in [-0.3, -0.25) is 9.59 Å². The zero-order chi connectivity index (χ0) is 13.7. The van der Waals surface area contributed by atoms with Gasteiger partial charge in [-0.1, -0.05) is 25.8 Å². The molecule has 0 spiro atoms. The Labute approximate surface area is 116 Å². The van der Waals surface area contributed by atoms with Crippen LogP contribution in [0.1, 0.15) is 36.5 Å². The largest absolute Gasteiger partial charge is 0.307 e. The number of hydrogen-bond donors (Lipinski definition) is 0. The number of carbonyl (C=O) groups is 1. The summed E-state index contributed by atoms with van der Waals surface area (Å²) in [6.07, 6.45) is 3.78. The highest BCUT2D eigenvalue weighted by atomic mass is 32.1. The van der Waals surface area contributed by atoms with Crippen molar-refractivity contribution in [3.05, 3.63) is 45.6 Å². The molecular formula is C15H17NO2S. The van der Waals surface area contributed by atoms with Gasteiger partial charge in [-0.15, -0.1) is 11.3 Å². The maximum atomic E-state index is 12.2. The Morgan fingerprint density at radius 1 is 1.26 bits per heavy atom. The van der Waals surface area contributed by atoms with Crippen molar-refractivity contribution in [1.82, 2.24) is 4.57 Å². The molecule has 2 rings (SSSR count). The number of unbranched alkanes of at least 4 members (excludes halogenated alkanes) is 2. The summed E-state index contributed by atoms with van der Waals surface area (Å²) in [5.74, 6) is 0. The second kappa shape index (κ2) is 6.48. The number of nitrogens with zero attached hydrogens (tertiary/aromatic N) is 1. The first-order chi connectivity index (χ1) is 9.27. The Bertz CT molecular complexity index is 599. The lowest BCUT2D eigenvalue weighted by atomic mass is 10.2. The van der Waals surface area contributed by atoms with E-state index in [4.69, 9.17) is 0 Å². The van der Waals surface area contributed by atoms with Crippen molar-refractivity contribution in [1.29, 1.82) is 0 Å². The van der Waals surface area contributed by atoms with Crippen LogP contribution in [0.15, 0.2) is 34.4 Å². The molecule has 0 atom stereocenters. The smallest absolute Gasteiger partial charge is 0.261 e. The summed E-state index contributed by atoms with van der Waals surface area (Å²) in [6, 6.07) is 7.44. The molecule has 0 bridgehead atoms. The molecule has 0 radical (unpaired) electrons. The zero-order valence-electron chi connectivity index (χ0n) is 11.0.